The first-order chi connectivity index (χ1) is 10.1. The Morgan fingerprint density at radius 2 is 1.95 bits per heavy atom. The zero-order valence-electron chi connectivity index (χ0n) is 12.3. The highest BCUT2D eigenvalue weighted by atomic mass is 16.1. The molecule has 0 aliphatic heterocycles. The Balaban J connectivity index is 2.53. The molecule has 0 radical (unpaired) electrons. The van der Waals surface area contributed by atoms with Gasteiger partial charge in [0.1, 0.15) is 11.6 Å². The number of hydrogen-bond acceptors (Lipinski definition) is 2. The molecular formula is C17H17N3O. The van der Waals surface area contributed by atoms with E-state index in [1.54, 1.807) is 6.08 Å². The van der Waals surface area contributed by atoms with Crippen molar-refractivity contribution < 1.29 is 4.79 Å². The molecule has 1 heterocycles. The number of hydrogen-bond donors (Lipinski definition) is 1. The van der Waals surface area contributed by atoms with Crippen molar-refractivity contribution in [2.75, 3.05) is 7.05 Å². The Hall–Kier alpha value is -2.80. The number of likely N-dealkylation sites (N-methyl/N-ethyl adjacent to an activating group) is 1. The Morgan fingerprint density at radius 3 is 2.52 bits per heavy atom. The van der Waals surface area contributed by atoms with Crippen LogP contribution in [0, 0.1) is 25.2 Å². The van der Waals surface area contributed by atoms with Crippen LogP contribution in [-0.4, -0.2) is 17.5 Å². The lowest BCUT2D eigenvalue weighted by atomic mass is 10.1. The minimum atomic E-state index is -0.373. The van der Waals surface area contributed by atoms with Crippen molar-refractivity contribution in [1.82, 2.24) is 9.88 Å². The topological polar surface area (TPSA) is 57.8 Å². The summed E-state index contributed by atoms with van der Waals surface area (Å²) >= 11 is 0. The van der Waals surface area contributed by atoms with E-state index in [1.807, 2.05) is 56.3 Å². The maximum atomic E-state index is 11.6. The van der Waals surface area contributed by atoms with E-state index in [1.165, 1.54) is 7.05 Å². The number of aryl methyl sites for hydroxylation is 1. The lowest BCUT2D eigenvalue weighted by Crippen LogP contribution is -2.19. The maximum Gasteiger partial charge on any atom is 0.261 e. The van der Waals surface area contributed by atoms with Gasteiger partial charge in [0.2, 0.25) is 0 Å². The molecule has 1 aromatic carbocycles. The van der Waals surface area contributed by atoms with Crippen LogP contribution in [0.2, 0.25) is 0 Å². The molecule has 0 saturated heterocycles. The Labute approximate surface area is 124 Å². The van der Waals surface area contributed by atoms with Crippen molar-refractivity contribution in [3.63, 3.8) is 0 Å². The summed E-state index contributed by atoms with van der Waals surface area (Å²) < 4.78 is 2.10. The highest BCUT2D eigenvalue weighted by Gasteiger charge is 2.12. The van der Waals surface area contributed by atoms with Crippen molar-refractivity contribution in [2.24, 2.45) is 0 Å². The predicted molar refractivity (Wildman–Crippen MR) is 82.9 cm³/mol. The van der Waals surface area contributed by atoms with E-state index in [-0.39, 0.29) is 11.5 Å². The van der Waals surface area contributed by atoms with Crippen LogP contribution < -0.4 is 5.32 Å². The quantitative estimate of drug-likeness (QED) is 0.693. The number of nitriles is 1. The van der Waals surface area contributed by atoms with Gasteiger partial charge in [0.15, 0.2) is 0 Å². The number of carbonyl (C=O) groups excluding carboxylic acids is 1. The lowest BCUT2D eigenvalue weighted by Gasteiger charge is -2.09. The predicted octanol–water partition coefficient (Wildman–Crippen LogP) is 2.75. The highest BCUT2D eigenvalue weighted by Crippen LogP contribution is 2.22. The smallest absolute Gasteiger partial charge is 0.261 e. The van der Waals surface area contributed by atoms with E-state index in [4.69, 9.17) is 5.26 Å². The van der Waals surface area contributed by atoms with Crippen LogP contribution in [-0.2, 0) is 4.79 Å². The van der Waals surface area contributed by atoms with Crippen LogP contribution in [0.25, 0.3) is 11.8 Å². The Kier molecular flexibility index (Phi) is 4.24. The van der Waals surface area contributed by atoms with Crippen molar-refractivity contribution in [3.05, 3.63) is 58.9 Å². The second kappa shape index (κ2) is 6.10. The zero-order valence-corrected chi connectivity index (χ0v) is 12.3. The molecule has 2 rings (SSSR count). The number of benzene rings is 1. The second-order valence-corrected chi connectivity index (χ2v) is 4.75. The minimum Gasteiger partial charge on any atom is -0.354 e. The van der Waals surface area contributed by atoms with Gasteiger partial charge in [-0.2, -0.15) is 5.26 Å². The average Bonchev–Trinajstić information content (AvgIpc) is 2.79. The molecule has 0 unspecified atom stereocenters. The number of para-hydroxylation sites is 1. The third-order valence-corrected chi connectivity index (χ3v) is 3.38. The molecule has 21 heavy (non-hydrogen) atoms. The molecule has 0 spiro atoms. The molecular weight excluding hydrogens is 262 g/mol. The number of amides is 1. The van der Waals surface area contributed by atoms with Gasteiger partial charge in [-0.25, -0.2) is 0 Å². The molecule has 1 amide bonds. The first-order valence-corrected chi connectivity index (χ1v) is 6.66. The maximum absolute atomic E-state index is 11.6. The van der Waals surface area contributed by atoms with E-state index in [0.717, 1.165) is 22.6 Å². The van der Waals surface area contributed by atoms with Gasteiger partial charge in [-0.05, 0) is 43.7 Å². The third-order valence-electron chi connectivity index (χ3n) is 3.38. The lowest BCUT2D eigenvalue weighted by molar-refractivity contribution is -0.116. The molecule has 4 nitrogen and oxygen atoms in total. The average molecular weight is 279 g/mol. The standard InChI is InChI=1S/C17H17N3O/c1-12-9-14(10-15(11-18)17(21)19-3)13(2)20(12)16-7-5-4-6-8-16/h4-10H,1-3H3,(H,19,21)/b15-10+. The van der Waals surface area contributed by atoms with Gasteiger partial charge in [-0.3, -0.25) is 4.79 Å². The third kappa shape index (κ3) is 2.87. The minimum absolute atomic E-state index is 0.103. The first-order valence-electron chi connectivity index (χ1n) is 6.66. The summed E-state index contributed by atoms with van der Waals surface area (Å²) in [7, 11) is 1.51. The van der Waals surface area contributed by atoms with E-state index in [0.29, 0.717) is 0 Å². The highest BCUT2D eigenvalue weighted by molar-refractivity contribution is 6.01. The van der Waals surface area contributed by atoms with Gasteiger partial charge in [-0.1, -0.05) is 18.2 Å². The first kappa shape index (κ1) is 14.6. The molecule has 0 aliphatic rings. The number of nitrogens with zero attached hydrogens (tertiary/aromatic N) is 2. The Morgan fingerprint density at radius 1 is 1.29 bits per heavy atom. The van der Waals surface area contributed by atoms with Crippen molar-refractivity contribution in [1.29, 1.82) is 5.26 Å². The van der Waals surface area contributed by atoms with E-state index >= 15 is 0 Å². The van der Waals surface area contributed by atoms with Crippen molar-refractivity contribution >= 4 is 12.0 Å². The van der Waals surface area contributed by atoms with Gasteiger partial charge in [0.25, 0.3) is 5.91 Å². The van der Waals surface area contributed by atoms with E-state index in [2.05, 4.69) is 9.88 Å². The number of nitrogens with one attached hydrogen (secondary N) is 1. The summed E-state index contributed by atoms with van der Waals surface area (Å²) in [5.74, 6) is -0.373. The van der Waals surface area contributed by atoms with E-state index < -0.39 is 0 Å². The number of rotatable bonds is 3. The summed E-state index contributed by atoms with van der Waals surface area (Å²) in [5, 5.41) is 11.6. The van der Waals surface area contributed by atoms with Crippen LogP contribution in [0.4, 0.5) is 0 Å². The van der Waals surface area contributed by atoms with Crippen LogP contribution >= 0.6 is 0 Å². The fourth-order valence-corrected chi connectivity index (χ4v) is 2.35. The number of carbonyl (C=O) groups is 1. The SMILES string of the molecule is CNC(=O)/C(C#N)=C/c1cc(C)n(-c2ccccc2)c1C. The Bertz CT molecular complexity index is 733. The molecule has 0 bridgehead atoms. The molecule has 0 saturated carbocycles. The van der Waals surface area contributed by atoms with Crippen molar-refractivity contribution in [2.45, 2.75) is 13.8 Å². The van der Waals surface area contributed by atoms with Crippen LogP contribution in [0.1, 0.15) is 17.0 Å². The normalized spacial score (nSPS) is 11.0. The van der Waals surface area contributed by atoms with Crippen LogP contribution in [0.3, 0.4) is 0 Å². The molecule has 4 heteroatoms. The van der Waals surface area contributed by atoms with Gasteiger partial charge in [0, 0.05) is 24.1 Å². The molecule has 0 aliphatic carbocycles. The van der Waals surface area contributed by atoms with Crippen LogP contribution in [0.5, 0.6) is 0 Å². The van der Waals surface area contributed by atoms with E-state index in [9.17, 15) is 4.79 Å². The summed E-state index contributed by atoms with van der Waals surface area (Å²) in [6.45, 7) is 3.98. The summed E-state index contributed by atoms with van der Waals surface area (Å²) in [6.07, 6.45) is 1.63. The zero-order chi connectivity index (χ0) is 15.4. The summed E-state index contributed by atoms with van der Waals surface area (Å²) in [4.78, 5) is 11.6. The molecule has 1 aromatic heterocycles. The monoisotopic (exact) mass is 279 g/mol. The van der Waals surface area contributed by atoms with Gasteiger partial charge in [-0.15, -0.1) is 0 Å². The molecule has 106 valence electrons. The van der Waals surface area contributed by atoms with Crippen molar-refractivity contribution in [3.8, 4) is 11.8 Å². The summed E-state index contributed by atoms with van der Waals surface area (Å²) in [5.41, 5.74) is 4.09. The molecule has 2 aromatic rings. The molecule has 0 atom stereocenters. The second-order valence-electron chi connectivity index (χ2n) is 4.75. The van der Waals surface area contributed by atoms with Gasteiger partial charge >= 0.3 is 0 Å². The fourth-order valence-electron chi connectivity index (χ4n) is 2.35. The number of aromatic nitrogens is 1. The fraction of sp³-hybridized carbons (Fsp3) is 0.176. The van der Waals surface area contributed by atoms with Gasteiger partial charge in [0.05, 0.1) is 0 Å². The molecule has 1 N–H and O–H groups in total. The molecule has 0 fully saturated rings. The van der Waals surface area contributed by atoms with Gasteiger partial charge < -0.3 is 9.88 Å². The largest absolute Gasteiger partial charge is 0.354 e. The summed E-state index contributed by atoms with van der Waals surface area (Å²) in [6, 6.07) is 13.9. The van der Waals surface area contributed by atoms with Crippen LogP contribution in [0.15, 0.2) is 42.0 Å².